The average molecular weight is 325 g/mol. The summed E-state index contributed by atoms with van der Waals surface area (Å²) in [5, 5.41) is 0. The van der Waals surface area contributed by atoms with Crippen LogP contribution in [-0.4, -0.2) is 18.4 Å². The third-order valence-electron chi connectivity index (χ3n) is 5.63. The number of carbonyl (C=O) groups is 2. The fourth-order valence-corrected chi connectivity index (χ4v) is 3.40. The van der Waals surface area contributed by atoms with Gasteiger partial charge in [-0.25, -0.2) is 0 Å². The van der Waals surface area contributed by atoms with Crippen molar-refractivity contribution in [2.24, 2.45) is 16.7 Å². The minimum Gasteiger partial charge on any atom is -0.465 e. The molecular formula is C20H36O3. The molecule has 0 atom stereocenters. The van der Waals surface area contributed by atoms with Crippen LogP contribution in [0, 0.1) is 16.7 Å². The van der Waals surface area contributed by atoms with Crippen molar-refractivity contribution in [2.75, 3.05) is 6.61 Å². The van der Waals surface area contributed by atoms with E-state index in [9.17, 15) is 9.59 Å². The second-order valence-electron chi connectivity index (χ2n) is 8.52. The predicted molar refractivity (Wildman–Crippen MR) is 94.2 cm³/mol. The molecule has 0 aliphatic heterocycles. The van der Waals surface area contributed by atoms with E-state index in [1.807, 2.05) is 20.8 Å². The van der Waals surface area contributed by atoms with Crippen molar-refractivity contribution in [2.45, 2.75) is 92.4 Å². The van der Waals surface area contributed by atoms with Crippen LogP contribution in [0.4, 0.5) is 0 Å². The normalized spacial score (nSPS) is 17.1. The van der Waals surface area contributed by atoms with Gasteiger partial charge in [0.15, 0.2) is 0 Å². The van der Waals surface area contributed by atoms with E-state index in [4.69, 9.17) is 4.74 Å². The highest BCUT2D eigenvalue weighted by molar-refractivity contribution is 5.79. The van der Waals surface area contributed by atoms with E-state index in [-0.39, 0.29) is 11.4 Å². The van der Waals surface area contributed by atoms with Gasteiger partial charge in [0.2, 0.25) is 0 Å². The van der Waals surface area contributed by atoms with Crippen LogP contribution in [0.3, 0.4) is 0 Å². The first kappa shape index (κ1) is 20.2. The number of ketones is 1. The van der Waals surface area contributed by atoms with Gasteiger partial charge in [-0.2, -0.15) is 0 Å². The van der Waals surface area contributed by atoms with Gasteiger partial charge in [-0.15, -0.1) is 0 Å². The van der Waals surface area contributed by atoms with E-state index in [2.05, 4.69) is 13.8 Å². The standard InChI is InChI=1S/C20H36O3/c1-6-19(2,3)18(22)23-14-10-13-17(21)15-20(4,5)16-11-8-7-9-12-16/h16H,6-15H2,1-5H3. The van der Waals surface area contributed by atoms with Gasteiger partial charge in [0.05, 0.1) is 12.0 Å². The molecule has 0 heterocycles. The second kappa shape index (κ2) is 8.84. The number of esters is 1. The summed E-state index contributed by atoms with van der Waals surface area (Å²) in [6.45, 7) is 10.6. The van der Waals surface area contributed by atoms with Gasteiger partial charge in [0.25, 0.3) is 0 Å². The molecule has 1 aliphatic carbocycles. The Kier molecular flexibility index (Phi) is 7.76. The van der Waals surface area contributed by atoms with Crippen molar-refractivity contribution < 1.29 is 14.3 Å². The number of ether oxygens (including phenoxy) is 1. The van der Waals surface area contributed by atoms with Crippen molar-refractivity contribution in [3.8, 4) is 0 Å². The molecule has 0 aromatic heterocycles. The molecule has 23 heavy (non-hydrogen) atoms. The minimum absolute atomic E-state index is 0.110. The SMILES string of the molecule is CCC(C)(C)C(=O)OCCCC(=O)CC(C)(C)C1CCCCC1. The highest BCUT2D eigenvalue weighted by Gasteiger charge is 2.32. The molecule has 3 nitrogen and oxygen atoms in total. The van der Waals surface area contributed by atoms with Gasteiger partial charge >= 0.3 is 5.97 Å². The Bertz CT molecular complexity index is 390. The zero-order chi connectivity index (χ0) is 17.5. The first-order valence-electron chi connectivity index (χ1n) is 9.38. The molecule has 0 N–H and O–H groups in total. The summed E-state index contributed by atoms with van der Waals surface area (Å²) in [5.41, 5.74) is -0.314. The summed E-state index contributed by atoms with van der Waals surface area (Å²) in [6, 6.07) is 0. The van der Waals surface area contributed by atoms with Gasteiger partial charge in [-0.1, -0.05) is 40.0 Å². The maximum atomic E-state index is 12.3. The number of hydrogen-bond donors (Lipinski definition) is 0. The predicted octanol–water partition coefficient (Wildman–Crippen LogP) is 5.31. The highest BCUT2D eigenvalue weighted by atomic mass is 16.5. The largest absolute Gasteiger partial charge is 0.465 e. The lowest BCUT2D eigenvalue weighted by atomic mass is 9.68. The van der Waals surface area contributed by atoms with Crippen molar-refractivity contribution in [1.29, 1.82) is 0 Å². The smallest absolute Gasteiger partial charge is 0.311 e. The van der Waals surface area contributed by atoms with Gasteiger partial charge in [-0.05, 0) is 50.9 Å². The summed E-state index contributed by atoms with van der Waals surface area (Å²) >= 11 is 0. The average Bonchev–Trinajstić information content (AvgIpc) is 2.51. The molecule has 0 amide bonds. The Morgan fingerprint density at radius 3 is 2.22 bits per heavy atom. The molecule has 1 rings (SSSR count). The van der Waals surface area contributed by atoms with Crippen LogP contribution in [0.5, 0.6) is 0 Å². The Hall–Kier alpha value is -0.860. The molecule has 0 aromatic carbocycles. The molecule has 1 saturated carbocycles. The second-order valence-corrected chi connectivity index (χ2v) is 8.52. The molecular weight excluding hydrogens is 288 g/mol. The van der Waals surface area contributed by atoms with Crippen molar-refractivity contribution >= 4 is 11.8 Å². The molecule has 1 fully saturated rings. The summed E-state index contributed by atoms with van der Waals surface area (Å²) in [4.78, 5) is 24.1. The van der Waals surface area contributed by atoms with Gasteiger partial charge in [0, 0.05) is 12.8 Å². The van der Waals surface area contributed by atoms with Crippen LogP contribution < -0.4 is 0 Å². The van der Waals surface area contributed by atoms with Crippen LogP contribution in [0.25, 0.3) is 0 Å². The Morgan fingerprint density at radius 1 is 1.04 bits per heavy atom. The fraction of sp³-hybridized carbons (Fsp3) is 0.900. The topological polar surface area (TPSA) is 43.4 Å². The summed E-state index contributed by atoms with van der Waals surface area (Å²) in [6.07, 6.45) is 9.10. The van der Waals surface area contributed by atoms with E-state index >= 15 is 0 Å². The number of Topliss-reactive ketones (excluding diaryl/α,β-unsaturated/α-hetero) is 1. The number of rotatable bonds is 9. The van der Waals surface area contributed by atoms with E-state index in [1.165, 1.54) is 32.1 Å². The lowest BCUT2D eigenvalue weighted by molar-refractivity contribution is -0.154. The van der Waals surface area contributed by atoms with Gasteiger partial charge < -0.3 is 4.74 Å². The van der Waals surface area contributed by atoms with Crippen molar-refractivity contribution in [3.63, 3.8) is 0 Å². The zero-order valence-electron chi connectivity index (χ0n) is 15.9. The molecule has 0 aromatic rings. The Balaban J connectivity index is 2.27. The minimum atomic E-state index is -0.424. The van der Waals surface area contributed by atoms with Gasteiger partial charge in [-0.3, -0.25) is 9.59 Å². The van der Waals surface area contributed by atoms with Crippen LogP contribution >= 0.6 is 0 Å². The lowest BCUT2D eigenvalue weighted by Gasteiger charge is -2.36. The molecule has 0 spiro atoms. The van der Waals surface area contributed by atoms with Crippen molar-refractivity contribution in [3.05, 3.63) is 0 Å². The lowest BCUT2D eigenvalue weighted by Crippen LogP contribution is -2.29. The van der Waals surface area contributed by atoms with Crippen LogP contribution in [0.2, 0.25) is 0 Å². The first-order valence-corrected chi connectivity index (χ1v) is 9.38. The van der Waals surface area contributed by atoms with E-state index in [0.29, 0.717) is 37.6 Å². The van der Waals surface area contributed by atoms with Crippen molar-refractivity contribution in [1.82, 2.24) is 0 Å². The fourth-order valence-electron chi connectivity index (χ4n) is 3.40. The number of hydrogen-bond acceptors (Lipinski definition) is 3. The summed E-state index contributed by atoms with van der Waals surface area (Å²) in [5.74, 6) is 0.838. The molecule has 0 bridgehead atoms. The van der Waals surface area contributed by atoms with E-state index in [1.54, 1.807) is 0 Å². The molecule has 3 heteroatoms. The Morgan fingerprint density at radius 2 is 1.65 bits per heavy atom. The summed E-state index contributed by atoms with van der Waals surface area (Å²) in [7, 11) is 0. The Labute approximate surface area is 142 Å². The molecule has 0 unspecified atom stereocenters. The maximum absolute atomic E-state index is 12.3. The number of carbonyl (C=O) groups excluding carboxylic acids is 2. The molecule has 1 aliphatic rings. The van der Waals surface area contributed by atoms with Gasteiger partial charge in [0.1, 0.15) is 5.78 Å². The monoisotopic (exact) mass is 324 g/mol. The zero-order valence-corrected chi connectivity index (χ0v) is 15.9. The quantitative estimate of drug-likeness (QED) is 0.426. The first-order chi connectivity index (χ1) is 10.7. The third-order valence-corrected chi connectivity index (χ3v) is 5.63. The third kappa shape index (κ3) is 6.64. The summed E-state index contributed by atoms with van der Waals surface area (Å²) < 4.78 is 5.30. The van der Waals surface area contributed by atoms with E-state index in [0.717, 1.165) is 6.42 Å². The van der Waals surface area contributed by atoms with E-state index < -0.39 is 5.41 Å². The van der Waals surface area contributed by atoms with Crippen LogP contribution in [-0.2, 0) is 14.3 Å². The highest BCUT2D eigenvalue weighted by Crippen LogP contribution is 2.40. The molecule has 134 valence electrons. The van der Waals surface area contributed by atoms with Crippen LogP contribution in [0.1, 0.15) is 92.4 Å². The van der Waals surface area contributed by atoms with Crippen LogP contribution in [0.15, 0.2) is 0 Å². The molecule has 0 radical (unpaired) electrons. The maximum Gasteiger partial charge on any atom is 0.311 e. The molecule has 0 saturated heterocycles.